The summed E-state index contributed by atoms with van der Waals surface area (Å²) in [6.07, 6.45) is 1.31. The van der Waals surface area contributed by atoms with Gasteiger partial charge in [0.15, 0.2) is 0 Å². The molecule has 1 N–H and O–H groups in total. The van der Waals surface area contributed by atoms with E-state index in [1.165, 1.54) is 6.92 Å². The Labute approximate surface area is 155 Å². The van der Waals surface area contributed by atoms with Gasteiger partial charge in [-0.2, -0.15) is 0 Å². The Morgan fingerprint density at radius 3 is 2.69 bits per heavy atom. The Bertz CT molecular complexity index is 938. The summed E-state index contributed by atoms with van der Waals surface area (Å²) in [5, 5.41) is 0. The summed E-state index contributed by atoms with van der Waals surface area (Å²) in [5.41, 5.74) is 3.97. The number of hydrogen-bond donors (Lipinski definition) is 1. The van der Waals surface area contributed by atoms with Crippen molar-refractivity contribution in [3.05, 3.63) is 59.2 Å². The predicted molar refractivity (Wildman–Crippen MR) is 103 cm³/mol. The fraction of sp³-hybridized carbons (Fsp3) is 0.350. The molecule has 1 heterocycles. The number of carbonyl (C=O) groups excluding carboxylic acids is 1. The van der Waals surface area contributed by atoms with Gasteiger partial charge in [0.1, 0.15) is 0 Å². The number of aryl methyl sites for hydroxylation is 1. The van der Waals surface area contributed by atoms with Crippen molar-refractivity contribution < 1.29 is 13.2 Å². The first-order valence-electron chi connectivity index (χ1n) is 8.76. The Balaban J connectivity index is 1.72. The molecule has 0 unspecified atom stereocenters. The Morgan fingerprint density at radius 2 is 2.00 bits per heavy atom. The van der Waals surface area contributed by atoms with Crippen LogP contribution in [-0.2, 0) is 27.7 Å². The molecule has 3 rings (SSSR count). The summed E-state index contributed by atoms with van der Waals surface area (Å²) < 4.78 is 27.9. The van der Waals surface area contributed by atoms with Gasteiger partial charge in [0, 0.05) is 25.2 Å². The molecule has 0 spiro atoms. The molecule has 0 saturated carbocycles. The zero-order valence-corrected chi connectivity index (χ0v) is 16.1. The Kier molecular flexibility index (Phi) is 5.16. The molecule has 0 aromatic heterocycles. The summed E-state index contributed by atoms with van der Waals surface area (Å²) in [4.78, 5) is 13.8. The first-order valence-corrected chi connectivity index (χ1v) is 10.2. The monoisotopic (exact) mass is 372 g/mol. The predicted octanol–water partition coefficient (Wildman–Crippen LogP) is 2.81. The van der Waals surface area contributed by atoms with Crippen molar-refractivity contribution in [2.24, 2.45) is 0 Å². The lowest BCUT2D eigenvalue weighted by Gasteiger charge is -2.20. The van der Waals surface area contributed by atoms with E-state index in [1.807, 2.05) is 32.0 Å². The molecule has 26 heavy (non-hydrogen) atoms. The third kappa shape index (κ3) is 3.81. The maximum absolute atomic E-state index is 12.6. The number of nitrogens with zero attached hydrogens (tertiary/aromatic N) is 1. The number of fused-ring (bicyclic) bond motifs is 1. The fourth-order valence-corrected chi connectivity index (χ4v) is 4.62. The number of hydrogen-bond acceptors (Lipinski definition) is 3. The lowest BCUT2D eigenvalue weighted by atomic mass is 10.1. The number of benzene rings is 2. The zero-order valence-electron chi connectivity index (χ0n) is 15.3. The van der Waals surface area contributed by atoms with Crippen LogP contribution >= 0.6 is 0 Å². The molecule has 1 atom stereocenters. The molecule has 6 heteroatoms. The van der Waals surface area contributed by atoms with Gasteiger partial charge in [-0.3, -0.25) is 4.79 Å². The molecule has 2 aromatic rings. The second-order valence-corrected chi connectivity index (χ2v) is 8.64. The van der Waals surface area contributed by atoms with E-state index in [-0.39, 0.29) is 16.8 Å². The Morgan fingerprint density at radius 1 is 1.23 bits per heavy atom. The highest BCUT2D eigenvalue weighted by molar-refractivity contribution is 7.89. The van der Waals surface area contributed by atoms with Crippen LogP contribution in [0, 0.1) is 6.92 Å². The number of amides is 1. The van der Waals surface area contributed by atoms with E-state index in [4.69, 9.17) is 0 Å². The number of sulfonamides is 1. The third-order valence-electron chi connectivity index (χ3n) is 4.70. The van der Waals surface area contributed by atoms with Gasteiger partial charge in [0.05, 0.1) is 4.90 Å². The highest BCUT2D eigenvalue weighted by Crippen LogP contribution is 2.33. The summed E-state index contributed by atoms with van der Waals surface area (Å²) in [5.74, 6) is -0.0249. The van der Waals surface area contributed by atoms with E-state index in [1.54, 1.807) is 23.1 Å². The largest absolute Gasteiger partial charge is 0.309 e. The van der Waals surface area contributed by atoms with Gasteiger partial charge in [0.25, 0.3) is 0 Å². The minimum Gasteiger partial charge on any atom is -0.309 e. The van der Waals surface area contributed by atoms with Crippen LogP contribution in [0.2, 0.25) is 0 Å². The number of anilines is 1. The van der Waals surface area contributed by atoms with Crippen molar-refractivity contribution in [2.75, 3.05) is 11.4 Å². The van der Waals surface area contributed by atoms with Gasteiger partial charge in [-0.05, 0) is 56.0 Å². The molecular weight excluding hydrogens is 348 g/mol. The maximum Gasteiger partial charge on any atom is 0.240 e. The van der Waals surface area contributed by atoms with Crippen LogP contribution in [0.4, 0.5) is 5.69 Å². The van der Waals surface area contributed by atoms with Gasteiger partial charge in [-0.1, -0.05) is 29.8 Å². The third-order valence-corrected chi connectivity index (χ3v) is 6.16. The van der Waals surface area contributed by atoms with Crippen molar-refractivity contribution in [3.63, 3.8) is 0 Å². The maximum atomic E-state index is 12.6. The Hall–Kier alpha value is -2.18. The SMILES string of the molecule is CC(=O)N1c2ccc(S(=O)(=O)NCCc3cccc(C)c3)cc2C[C@H]1C. The zero-order chi connectivity index (χ0) is 18.9. The normalized spacial score (nSPS) is 16.6. The standard InChI is InChI=1S/C20H24N2O3S/c1-14-5-4-6-17(11-14)9-10-21-26(24,25)19-7-8-20-18(13-19)12-15(2)22(20)16(3)23/h4-8,11,13,15,21H,9-10,12H2,1-3H3/t15-/m1/s1. The fourth-order valence-electron chi connectivity index (χ4n) is 3.54. The highest BCUT2D eigenvalue weighted by Gasteiger charge is 2.30. The summed E-state index contributed by atoms with van der Waals surface area (Å²) >= 11 is 0. The molecule has 138 valence electrons. The average Bonchev–Trinajstić information content (AvgIpc) is 2.89. The van der Waals surface area contributed by atoms with Crippen LogP contribution < -0.4 is 9.62 Å². The molecule has 0 radical (unpaired) electrons. The quantitative estimate of drug-likeness (QED) is 0.878. The van der Waals surface area contributed by atoms with Crippen LogP contribution in [0.15, 0.2) is 47.4 Å². The van der Waals surface area contributed by atoms with Crippen molar-refractivity contribution in [1.82, 2.24) is 4.72 Å². The summed E-state index contributed by atoms with van der Waals surface area (Å²) in [6, 6.07) is 13.1. The first kappa shape index (κ1) is 18.6. The molecule has 0 fully saturated rings. The average molecular weight is 372 g/mol. The summed E-state index contributed by atoms with van der Waals surface area (Å²) in [6.45, 7) is 5.86. The van der Waals surface area contributed by atoms with E-state index in [2.05, 4.69) is 10.8 Å². The van der Waals surface area contributed by atoms with Crippen molar-refractivity contribution >= 4 is 21.6 Å². The first-order chi connectivity index (χ1) is 12.3. The number of nitrogens with one attached hydrogen (secondary N) is 1. The van der Waals surface area contributed by atoms with Gasteiger partial charge in [-0.15, -0.1) is 0 Å². The highest BCUT2D eigenvalue weighted by atomic mass is 32.2. The van der Waals surface area contributed by atoms with Crippen LogP contribution in [0.1, 0.15) is 30.5 Å². The van der Waals surface area contributed by atoms with Crippen LogP contribution in [0.5, 0.6) is 0 Å². The minimum absolute atomic E-state index is 0.0249. The minimum atomic E-state index is -3.57. The van der Waals surface area contributed by atoms with Gasteiger partial charge >= 0.3 is 0 Å². The molecule has 1 amide bonds. The lowest BCUT2D eigenvalue weighted by molar-refractivity contribution is -0.116. The van der Waals surface area contributed by atoms with Gasteiger partial charge < -0.3 is 4.90 Å². The molecule has 5 nitrogen and oxygen atoms in total. The van der Waals surface area contributed by atoms with Crippen LogP contribution in [-0.4, -0.2) is 26.9 Å². The molecule has 0 bridgehead atoms. The van der Waals surface area contributed by atoms with Crippen LogP contribution in [0.3, 0.4) is 0 Å². The molecule has 1 aliphatic heterocycles. The van der Waals surface area contributed by atoms with Crippen molar-refractivity contribution in [1.29, 1.82) is 0 Å². The summed E-state index contributed by atoms with van der Waals surface area (Å²) in [7, 11) is -3.57. The van der Waals surface area contributed by atoms with Crippen molar-refractivity contribution in [3.8, 4) is 0 Å². The molecule has 1 aliphatic rings. The molecule has 0 aliphatic carbocycles. The van der Waals surface area contributed by atoms with E-state index in [0.717, 1.165) is 22.4 Å². The van der Waals surface area contributed by atoms with E-state index >= 15 is 0 Å². The molecule has 0 saturated heterocycles. The van der Waals surface area contributed by atoms with Crippen LogP contribution in [0.25, 0.3) is 0 Å². The number of rotatable bonds is 5. The smallest absolute Gasteiger partial charge is 0.240 e. The second kappa shape index (κ2) is 7.21. The molecule has 2 aromatic carbocycles. The van der Waals surface area contributed by atoms with E-state index < -0.39 is 10.0 Å². The second-order valence-electron chi connectivity index (χ2n) is 6.87. The van der Waals surface area contributed by atoms with Gasteiger partial charge in [-0.25, -0.2) is 13.1 Å². The molecular formula is C20H24N2O3S. The van der Waals surface area contributed by atoms with E-state index in [9.17, 15) is 13.2 Å². The lowest BCUT2D eigenvalue weighted by Crippen LogP contribution is -2.33. The topological polar surface area (TPSA) is 66.5 Å². The number of carbonyl (C=O) groups is 1. The van der Waals surface area contributed by atoms with E-state index in [0.29, 0.717) is 19.4 Å². The van der Waals surface area contributed by atoms with Gasteiger partial charge in [0.2, 0.25) is 15.9 Å². The van der Waals surface area contributed by atoms with Crippen molar-refractivity contribution in [2.45, 2.75) is 44.6 Å².